The highest BCUT2D eigenvalue weighted by Crippen LogP contribution is 2.25. The summed E-state index contributed by atoms with van der Waals surface area (Å²) in [5, 5.41) is 9.12. The second-order valence-electron chi connectivity index (χ2n) is 4.49. The number of para-hydroxylation sites is 1. The number of anilines is 1. The zero-order chi connectivity index (χ0) is 13.3. The number of carboxylic acids is 1. The van der Waals surface area contributed by atoms with E-state index in [4.69, 9.17) is 5.11 Å². The van der Waals surface area contributed by atoms with Gasteiger partial charge in [0.2, 0.25) is 0 Å². The van der Waals surface area contributed by atoms with Crippen LogP contribution in [0.25, 0.3) is 0 Å². The summed E-state index contributed by atoms with van der Waals surface area (Å²) in [7, 11) is -1.23. The monoisotopic (exact) mass is 269 g/mol. The highest BCUT2D eigenvalue weighted by molar-refractivity contribution is 7.91. The van der Waals surface area contributed by atoms with Crippen molar-refractivity contribution in [3.05, 3.63) is 29.8 Å². The lowest BCUT2D eigenvalue weighted by Gasteiger charge is -2.26. The number of hydrogen-bond acceptors (Lipinski definition) is 4. The molecule has 1 aliphatic rings. The summed E-state index contributed by atoms with van der Waals surface area (Å²) in [4.78, 5) is 12.9. The standard InChI is InChI=1S/C12H15NO4S/c1-13(9-6-7-18(16,17)8-9)11-5-3-2-4-10(11)12(14)15/h2-5,9H,6-8H2,1H3,(H,14,15). The van der Waals surface area contributed by atoms with Gasteiger partial charge in [0.25, 0.3) is 0 Å². The minimum atomic E-state index is -2.97. The molecular weight excluding hydrogens is 254 g/mol. The molecule has 18 heavy (non-hydrogen) atoms. The van der Waals surface area contributed by atoms with Crippen LogP contribution in [0.2, 0.25) is 0 Å². The number of nitrogens with zero attached hydrogens (tertiary/aromatic N) is 1. The van der Waals surface area contributed by atoms with Gasteiger partial charge < -0.3 is 10.0 Å². The molecule has 0 bridgehead atoms. The van der Waals surface area contributed by atoms with Gasteiger partial charge in [0, 0.05) is 13.1 Å². The Morgan fingerprint density at radius 1 is 1.39 bits per heavy atom. The van der Waals surface area contributed by atoms with E-state index in [9.17, 15) is 13.2 Å². The Labute approximate surface area is 106 Å². The van der Waals surface area contributed by atoms with Crippen LogP contribution in [0, 0.1) is 0 Å². The van der Waals surface area contributed by atoms with Crippen molar-refractivity contribution < 1.29 is 18.3 Å². The summed E-state index contributed by atoms with van der Waals surface area (Å²) in [6.07, 6.45) is 0.548. The predicted octanol–water partition coefficient (Wildman–Crippen LogP) is 1.01. The number of aromatic carboxylic acids is 1. The van der Waals surface area contributed by atoms with Gasteiger partial charge in [0.15, 0.2) is 9.84 Å². The van der Waals surface area contributed by atoms with E-state index in [0.29, 0.717) is 12.1 Å². The number of hydrogen-bond donors (Lipinski definition) is 1. The summed E-state index contributed by atoms with van der Waals surface area (Å²) in [5.41, 5.74) is 0.761. The van der Waals surface area contributed by atoms with Gasteiger partial charge in [-0.3, -0.25) is 0 Å². The Morgan fingerprint density at radius 3 is 2.61 bits per heavy atom. The highest BCUT2D eigenvalue weighted by Gasteiger charge is 2.31. The molecule has 1 atom stereocenters. The Bertz CT molecular complexity index is 567. The molecule has 1 unspecified atom stereocenters. The highest BCUT2D eigenvalue weighted by atomic mass is 32.2. The maximum absolute atomic E-state index is 11.5. The molecule has 1 aromatic carbocycles. The van der Waals surface area contributed by atoms with Crippen molar-refractivity contribution in [2.24, 2.45) is 0 Å². The van der Waals surface area contributed by atoms with E-state index in [2.05, 4.69) is 0 Å². The van der Waals surface area contributed by atoms with E-state index in [1.807, 2.05) is 0 Å². The Kier molecular flexibility index (Phi) is 3.30. The van der Waals surface area contributed by atoms with E-state index >= 15 is 0 Å². The zero-order valence-corrected chi connectivity index (χ0v) is 10.9. The molecule has 0 aliphatic carbocycles. The van der Waals surface area contributed by atoms with Gasteiger partial charge in [-0.25, -0.2) is 13.2 Å². The molecule has 1 aromatic rings. The van der Waals surface area contributed by atoms with Crippen LogP contribution in [0.15, 0.2) is 24.3 Å². The van der Waals surface area contributed by atoms with Crippen molar-refractivity contribution in [1.82, 2.24) is 0 Å². The van der Waals surface area contributed by atoms with Crippen molar-refractivity contribution in [2.45, 2.75) is 12.5 Å². The fraction of sp³-hybridized carbons (Fsp3) is 0.417. The normalized spacial score (nSPS) is 21.7. The fourth-order valence-corrected chi connectivity index (χ4v) is 4.01. The van der Waals surface area contributed by atoms with E-state index < -0.39 is 15.8 Å². The Balaban J connectivity index is 2.30. The summed E-state index contributed by atoms with van der Waals surface area (Å²) >= 11 is 0. The third-order valence-corrected chi connectivity index (χ3v) is 5.02. The predicted molar refractivity (Wildman–Crippen MR) is 68.9 cm³/mol. The van der Waals surface area contributed by atoms with Crippen molar-refractivity contribution in [1.29, 1.82) is 0 Å². The van der Waals surface area contributed by atoms with Crippen LogP contribution in [0.3, 0.4) is 0 Å². The lowest BCUT2D eigenvalue weighted by Crippen LogP contribution is -2.33. The average Bonchev–Trinajstić information content (AvgIpc) is 2.68. The molecule has 0 amide bonds. The number of carbonyl (C=O) groups is 1. The van der Waals surface area contributed by atoms with E-state index in [0.717, 1.165) is 0 Å². The van der Waals surface area contributed by atoms with Crippen LogP contribution in [-0.2, 0) is 9.84 Å². The van der Waals surface area contributed by atoms with Gasteiger partial charge in [0.1, 0.15) is 0 Å². The SMILES string of the molecule is CN(c1ccccc1C(=O)O)C1CCS(=O)(=O)C1. The first kappa shape index (κ1) is 12.9. The van der Waals surface area contributed by atoms with E-state index in [1.165, 1.54) is 6.07 Å². The number of sulfone groups is 1. The molecular formula is C12H15NO4S. The van der Waals surface area contributed by atoms with Crippen LogP contribution in [0.5, 0.6) is 0 Å². The van der Waals surface area contributed by atoms with E-state index in [1.54, 1.807) is 30.1 Å². The molecule has 0 spiro atoms. The number of carboxylic acid groups (broad SMARTS) is 1. The summed E-state index contributed by atoms with van der Waals surface area (Å²) in [6.45, 7) is 0. The smallest absolute Gasteiger partial charge is 0.337 e. The molecule has 0 radical (unpaired) electrons. The second kappa shape index (κ2) is 4.61. The van der Waals surface area contributed by atoms with Crippen LogP contribution in [-0.4, -0.2) is 44.1 Å². The topological polar surface area (TPSA) is 74.7 Å². The second-order valence-corrected chi connectivity index (χ2v) is 6.72. The number of benzene rings is 1. The summed E-state index contributed by atoms with van der Waals surface area (Å²) in [6, 6.07) is 6.50. The molecule has 2 rings (SSSR count). The third kappa shape index (κ3) is 2.48. The average molecular weight is 269 g/mol. The van der Waals surface area contributed by atoms with E-state index in [-0.39, 0.29) is 23.1 Å². The first-order chi connectivity index (χ1) is 8.41. The number of rotatable bonds is 3. The molecule has 5 nitrogen and oxygen atoms in total. The minimum Gasteiger partial charge on any atom is -0.478 e. The van der Waals surface area contributed by atoms with Crippen molar-refractivity contribution in [2.75, 3.05) is 23.5 Å². The van der Waals surface area contributed by atoms with Crippen LogP contribution in [0.1, 0.15) is 16.8 Å². The van der Waals surface area contributed by atoms with Crippen LogP contribution < -0.4 is 4.90 Å². The lowest BCUT2D eigenvalue weighted by atomic mass is 10.1. The van der Waals surface area contributed by atoms with Gasteiger partial charge in [-0.2, -0.15) is 0 Å². The van der Waals surface area contributed by atoms with Gasteiger partial charge in [0.05, 0.1) is 22.8 Å². The van der Waals surface area contributed by atoms with Crippen molar-refractivity contribution in [3.8, 4) is 0 Å². The largest absolute Gasteiger partial charge is 0.478 e. The van der Waals surface area contributed by atoms with Crippen LogP contribution in [0.4, 0.5) is 5.69 Å². The molecule has 1 fully saturated rings. The van der Waals surface area contributed by atoms with Gasteiger partial charge in [-0.15, -0.1) is 0 Å². The van der Waals surface area contributed by atoms with Gasteiger partial charge in [-0.05, 0) is 18.6 Å². The molecule has 6 heteroatoms. The third-order valence-electron chi connectivity index (χ3n) is 3.27. The first-order valence-corrected chi connectivity index (χ1v) is 7.48. The van der Waals surface area contributed by atoms with Crippen LogP contribution >= 0.6 is 0 Å². The van der Waals surface area contributed by atoms with Crippen molar-refractivity contribution in [3.63, 3.8) is 0 Å². The molecule has 98 valence electrons. The minimum absolute atomic E-state index is 0.0947. The lowest BCUT2D eigenvalue weighted by molar-refractivity contribution is 0.0697. The van der Waals surface area contributed by atoms with Crippen molar-refractivity contribution >= 4 is 21.5 Å². The zero-order valence-electron chi connectivity index (χ0n) is 10.0. The maximum Gasteiger partial charge on any atom is 0.337 e. The molecule has 0 saturated carbocycles. The van der Waals surface area contributed by atoms with Gasteiger partial charge >= 0.3 is 5.97 Å². The molecule has 0 aromatic heterocycles. The molecule has 1 heterocycles. The fourth-order valence-electron chi connectivity index (χ4n) is 2.24. The summed E-state index contributed by atoms with van der Waals surface area (Å²) in [5.74, 6) is -0.729. The Hall–Kier alpha value is -1.56. The first-order valence-electron chi connectivity index (χ1n) is 5.66. The van der Waals surface area contributed by atoms with Gasteiger partial charge in [-0.1, -0.05) is 12.1 Å². The quantitative estimate of drug-likeness (QED) is 0.886. The molecule has 1 N–H and O–H groups in total. The Morgan fingerprint density at radius 2 is 2.06 bits per heavy atom. The maximum atomic E-state index is 11.5. The summed E-state index contributed by atoms with van der Waals surface area (Å²) < 4.78 is 22.9. The molecule has 1 aliphatic heterocycles. The molecule has 1 saturated heterocycles.